The summed E-state index contributed by atoms with van der Waals surface area (Å²) in [4.78, 5) is 0. The van der Waals surface area contributed by atoms with Gasteiger partial charge in [0.25, 0.3) is 10.0 Å². The molecule has 1 aromatic heterocycles. The van der Waals surface area contributed by atoms with E-state index in [2.05, 4.69) is 15.1 Å². The standard InChI is InChI=1S/C9H16N4O2S.ClH/c1-13-9(4-6-11-13)16(14,15)12-8-3-2-5-10-7-8;/h4,6,8,10,12H,2-3,5,7H2,1H3;1H/t8-;/m0./s1. The molecule has 98 valence electrons. The summed E-state index contributed by atoms with van der Waals surface area (Å²) in [5.41, 5.74) is 0. The summed E-state index contributed by atoms with van der Waals surface area (Å²) in [5, 5.41) is 7.23. The Morgan fingerprint density at radius 3 is 2.88 bits per heavy atom. The van der Waals surface area contributed by atoms with Gasteiger partial charge in [0.15, 0.2) is 5.03 Å². The highest BCUT2D eigenvalue weighted by molar-refractivity contribution is 7.89. The van der Waals surface area contributed by atoms with Crippen LogP contribution in [0.1, 0.15) is 12.8 Å². The molecule has 1 aliphatic rings. The Bertz CT molecular complexity index is 453. The lowest BCUT2D eigenvalue weighted by Gasteiger charge is -2.23. The quantitative estimate of drug-likeness (QED) is 0.809. The van der Waals surface area contributed by atoms with Crippen molar-refractivity contribution in [1.29, 1.82) is 0 Å². The number of hydrogen-bond acceptors (Lipinski definition) is 4. The third kappa shape index (κ3) is 3.41. The number of nitrogens with zero attached hydrogens (tertiary/aromatic N) is 2. The van der Waals surface area contributed by atoms with Crippen molar-refractivity contribution in [2.24, 2.45) is 7.05 Å². The Kier molecular flexibility index (Phi) is 4.93. The summed E-state index contributed by atoms with van der Waals surface area (Å²) in [6, 6.07) is 1.48. The van der Waals surface area contributed by atoms with Crippen molar-refractivity contribution in [3.05, 3.63) is 12.3 Å². The number of nitrogens with one attached hydrogen (secondary N) is 2. The summed E-state index contributed by atoms with van der Waals surface area (Å²) >= 11 is 0. The highest BCUT2D eigenvalue weighted by Gasteiger charge is 2.23. The molecule has 6 nitrogen and oxygen atoms in total. The molecule has 0 bridgehead atoms. The fourth-order valence-electron chi connectivity index (χ4n) is 1.86. The van der Waals surface area contributed by atoms with Gasteiger partial charge in [-0.05, 0) is 25.5 Å². The van der Waals surface area contributed by atoms with Gasteiger partial charge in [0.05, 0.1) is 6.20 Å². The first-order valence-corrected chi connectivity index (χ1v) is 6.79. The number of hydrogen-bond donors (Lipinski definition) is 2. The van der Waals surface area contributed by atoms with Crippen LogP contribution in [0.25, 0.3) is 0 Å². The molecule has 1 fully saturated rings. The largest absolute Gasteiger partial charge is 0.315 e. The average molecular weight is 281 g/mol. The third-order valence-electron chi connectivity index (χ3n) is 2.67. The number of rotatable bonds is 3. The van der Waals surface area contributed by atoms with Crippen LogP contribution in [0.5, 0.6) is 0 Å². The number of aryl methyl sites for hydroxylation is 1. The summed E-state index contributed by atoms with van der Waals surface area (Å²) in [7, 11) is -1.82. The van der Waals surface area contributed by atoms with Crippen molar-refractivity contribution in [3.63, 3.8) is 0 Å². The van der Waals surface area contributed by atoms with Gasteiger partial charge in [0.2, 0.25) is 0 Å². The maximum absolute atomic E-state index is 12.0. The lowest BCUT2D eigenvalue weighted by Crippen LogP contribution is -2.45. The second-order valence-corrected chi connectivity index (χ2v) is 5.62. The zero-order chi connectivity index (χ0) is 11.6. The normalized spacial score (nSPS) is 20.9. The van der Waals surface area contributed by atoms with Gasteiger partial charge in [-0.15, -0.1) is 12.4 Å². The molecule has 0 saturated carbocycles. The van der Waals surface area contributed by atoms with E-state index in [1.807, 2.05) is 0 Å². The van der Waals surface area contributed by atoms with Gasteiger partial charge in [-0.25, -0.2) is 13.1 Å². The average Bonchev–Trinajstić information content (AvgIpc) is 2.66. The molecule has 0 unspecified atom stereocenters. The summed E-state index contributed by atoms with van der Waals surface area (Å²) in [6.07, 6.45) is 3.36. The molecule has 0 spiro atoms. The smallest absolute Gasteiger partial charge is 0.257 e. The second kappa shape index (κ2) is 5.81. The van der Waals surface area contributed by atoms with Gasteiger partial charge in [-0.1, -0.05) is 0 Å². The first-order chi connectivity index (χ1) is 7.59. The van der Waals surface area contributed by atoms with E-state index in [0.717, 1.165) is 19.4 Å². The molecule has 2 N–H and O–H groups in total. The number of sulfonamides is 1. The van der Waals surface area contributed by atoms with Crippen LogP contribution in [0.4, 0.5) is 0 Å². The van der Waals surface area contributed by atoms with E-state index in [0.29, 0.717) is 6.54 Å². The fourth-order valence-corrected chi connectivity index (χ4v) is 3.25. The Morgan fingerprint density at radius 1 is 1.59 bits per heavy atom. The minimum atomic E-state index is -3.44. The molecule has 2 rings (SSSR count). The van der Waals surface area contributed by atoms with E-state index in [1.54, 1.807) is 7.05 Å². The van der Waals surface area contributed by atoms with E-state index in [4.69, 9.17) is 0 Å². The minimum absolute atomic E-state index is 0. The molecule has 0 amide bonds. The molecule has 0 radical (unpaired) electrons. The van der Waals surface area contributed by atoms with Crippen LogP contribution >= 0.6 is 12.4 Å². The lowest BCUT2D eigenvalue weighted by molar-refractivity contribution is 0.427. The molecule has 17 heavy (non-hydrogen) atoms. The van der Waals surface area contributed by atoms with Crippen molar-refractivity contribution >= 4 is 22.4 Å². The van der Waals surface area contributed by atoms with Crippen molar-refractivity contribution in [2.75, 3.05) is 13.1 Å². The van der Waals surface area contributed by atoms with E-state index >= 15 is 0 Å². The zero-order valence-corrected chi connectivity index (χ0v) is 11.2. The SMILES string of the molecule is Cl.Cn1nccc1S(=O)(=O)N[C@H]1CCCNC1. The van der Waals surface area contributed by atoms with Gasteiger partial charge in [0.1, 0.15) is 0 Å². The fraction of sp³-hybridized carbons (Fsp3) is 0.667. The number of halogens is 1. The molecule has 2 heterocycles. The van der Waals surface area contributed by atoms with Gasteiger partial charge < -0.3 is 5.32 Å². The van der Waals surface area contributed by atoms with E-state index in [9.17, 15) is 8.42 Å². The Labute approximate surface area is 107 Å². The molecule has 1 atom stereocenters. The van der Waals surface area contributed by atoms with Crippen LogP contribution in [0.2, 0.25) is 0 Å². The molecule has 1 aliphatic heterocycles. The molecule has 0 aromatic carbocycles. The van der Waals surface area contributed by atoms with Gasteiger partial charge >= 0.3 is 0 Å². The predicted octanol–water partition coefficient (Wildman–Crippen LogP) is -0.128. The molecule has 8 heteroatoms. The van der Waals surface area contributed by atoms with E-state index in [1.165, 1.54) is 16.9 Å². The van der Waals surface area contributed by atoms with E-state index < -0.39 is 10.0 Å². The van der Waals surface area contributed by atoms with Crippen molar-refractivity contribution in [1.82, 2.24) is 19.8 Å². The van der Waals surface area contributed by atoms with Crippen LogP contribution < -0.4 is 10.0 Å². The van der Waals surface area contributed by atoms with Crippen molar-refractivity contribution < 1.29 is 8.42 Å². The topological polar surface area (TPSA) is 76.0 Å². The molecular formula is C9H17ClN4O2S. The van der Waals surface area contributed by atoms with Crippen LogP contribution in [0.3, 0.4) is 0 Å². The maximum Gasteiger partial charge on any atom is 0.257 e. The summed E-state index contributed by atoms with van der Waals surface area (Å²) < 4.78 is 28.0. The maximum atomic E-state index is 12.0. The lowest BCUT2D eigenvalue weighted by atomic mass is 10.1. The molecule has 1 saturated heterocycles. The number of piperidine rings is 1. The number of aromatic nitrogens is 2. The van der Waals surface area contributed by atoms with E-state index in [-0.39, 0.29) is 23.5 Å². The van der Waals surface area contributed by atoms with Gasteiger partial charge in [0, 0.05) is 19.6 Å². The second-order valence-electron chi connectivity index (χ2n) is 3.96. The Morgan fingerprint density at radius 2 is 2.35 bits per heavy atom. The van der Waals surface area contributed by atoms with Crippen LogP contribution in [-0.4, -0.2) is 37.3 Å². The molecule has 1 aromatic rings. The van der Waals surface area contributed by atoms with Crippen LogP contribution in [-0.2, 0) is 17.1 Å². The predicted molar refractivity (Wildman–Crippen MR) is 66.7 cm³/mol. The first kappa shape index (κ1) is 14.4. The molecule has 0 aliphatic carbocycles. The highest BCUT2D eigenvalue weighted by atomic mass is 35.5. The summed E-state index contributed by atoms with van der Waals surface area (Å²) in [6.45, 7) is 1.65. The van der Waals surface area contributed by atoms with Gasteiger partial charge in [-0.3, -0.25) is 4.68 Å². The van der Waals surface area contributed by atoms with Crippen LogP contribution in [0, 0.1) is 0 Å². The van der Waals surface area contributed by atoms with Crippen molar-refractivity contribution in [3.8, 4) is 0 Å². The Hall–Kier alpha value is -0.630. The first-order valence-electron chi connectivity index (χ1n) is 5.30. The zero-order valence-electron chi connectivity index (χ0n) is 9.59. The highest BCUT2D eigenvalue weighted by Crippen LogP contribution is 2.09. The monoisotopic (exact) mass is 280 g/mol. The van der Waals surface area contributed by atoms with Gasteiger partial charge in [-0.2, -0.15) is 5.10 Å². The van der Waals surface area contributed by atoms with Crippen molar-refractivity contribution in [2.45, 2.75) is 23.9 Å². The van der Waals surface area contributed by atoms with Crippen LogP contribution in [0.15, 0.2) is 17.3 Å². The summed E-state index contributed by atoms with van der Waals surface area (Å²) in [5.74, 6) is 0. The Balaban J connectivity index is 0.00000144. The molecular weight excluding hydrogens is 264 g/mol. The third-order valence-corrected chi connectivity index (χ3v) is 4.26. The minimum Gasteiger partial charge on any atom is -0.315 e.